The summed E-state index contributed by atoms with van der Waals surface area (Å²) in [6, 6.07) is 10.6. The quantitative estimate of drug-likeness (QED) is 0.855. The van der Waals surface area contributed by atoms with Crippen LogP contribution in [-0.2, 0) is 6.61 Å². The topological polar surface area (TPSA) is 42.2 Å². The molecule has 0 atom stereocenters. The molecule has 0 fully saturated rings. The molecule has 2 aromatic carbocycles. The second-order valence-electron chi connectivity index (χ2n) is 4.77. The van der Waals surface area contributed by atoms with Gasteiger partial charge >= 0.3 is 0 Å². The first-order valence-electron chi connectivity index (χ1n) is 6.52. The van der Waals surface area contributed by atoms with Crippen LogP contribution in [0.15, 0.2) is 30.3 Å². The Hall–Kier alpha value is -2.54. The molecule has 0 aliphatic heterocycles. The summed E-state index contributed by atoms with van der Waals surface area (Å²) in [5.74, 6) is 0.463. The van der Waals surface area contributed by atoms with Gasteiger partial charge in [0.2, 0.25) is 0 Å². The Morgan fingerprint density at radius 3 is 2.43 bits per heavy atom. The number of hydrogen-bond donors (Lipinski definition) is 0. The highest BCUT2D eigenvalue weighted by Gasteiger charge is 2.11. The van der Waals surface area contributed by atoms with Crippen molar-refractivity contribution in [1.82, 2.24) is 0 Å². The fraction of sp³-hybridized carbons (Fsp3) is 0.235. The first kappa shape index (κ1) is 14.9. The molecule has 0 saturated heterocycles. The lowest BCUT2D eigenvalue weighted by molar-refractivity contribution is 0.292. The van der Waals surface area contributed by atoms with Crippen molar-refractivity contribution in [2.45, 2.75) is 20.5 Å². The average molecular weight is 285 g/mol. The summed E-state index contributed by atoms with van der Waals surface area (Å²) < 4.78 is 24.7. The first-order valence-corrected chi connectivity index (χ1v) is 6.52. The minimum atomic E-state index is -0.413. The van der Waals surface area contributed by atoms with E-state index in [2.05, 4.69) is 6.07 Å². The SMILES string of the molecule is COc1cccc(COc2c(C)cc(C#N)cc2C)c1F. The fourth-order valence-corrected chi connectivity index (χ4v) is 2.22. The Morgan fingerprint density at radius 2 is 1.86 bits per heavy atom. The van der Waals surface area contributed by atoms with E-state index >= 15 is 0 Å². The van der Waals surface area contributed by atoms with Crippen LogP contribution >= 0.6 is 0 Å². The monoisotopic (exact) mass is 285 g/mol. The van der Waals surface area contributed by atoms with Crippen LogP contribution < -0.4 is 9.47 Å². The molecular weight excluding hydrogens is 269 g/mol. The molecule has 2 aromatic rings. The predicted molar refractivity (Wildman–Crippen MR) is 77.9 cm³/mol. The van der Waals surface area contributed by atoms with Crippen LogP contribution in [0.1, 0.15) is 22.3 Å². The molecule has 0 N–H and O–H groups in total. The molecule has 0 heterocycles. The molecule has 0 bridgehead atoms. The summed E-state index contributed by atoms with van der Waals surface area (Å²) >= 11 is 0. The van der Waals surface area contributed by atoms with Gasteiger partial charge in [-0.3, -0.25) is 0 Å². The van der Waals surface area contributed by atoms with Crippen LogP contribution in [0.3, 0.4) is 0 Å². The van der Waals surface area contributed by atoms with Crippen LogP contribution in [0.4, 0.5) is 4.39 Å². The van der Waals surface area contributed by atoms with Crippen molar-refractivity contribution in [3.63, 3.8) is 0 Å². The van der Waals surface area contributed by atoms with Gasteiger partial charge in [-0.25, -0.2) is 4.39 Å². The lowest BCUT2D eigenvalue weighted by Gasteiger charge is -2.13. The van der Waals surface area contributed by atoms with Gasteiger partial charge in [-0.2, -0.15) is 5.26 Å². The summed E-state index contributed by atoms with van der Waals surface area (Å²) in [6.07, 6.45) is 0. The third-order valence-electron chi connectivity index (χ3n) is 3.22. The van der Waals surface area contributed by atoms with E-state index in [0.717, 1.165) is 11.1 Å². The van der Waals surface area contributed by atoms with Crippen LogP contribution in [0.2, 0.25) is 0 Å². The minimum Gasteiger partial charge on any atom is -0.494 e. The van der Waals surface area contributed by atoms with Crippen LogP contribution in [0.5, 0.6) is 11.5 Å². The van der Waals surface area contributed by atoms with Crippen LogP contribution in [0.25, 0.3) is 0 Å². The molecule has 0 aliphatic rings. The summed E-state index contributed by atoms with van der Waals surface area (Å²) in [5, 5.41) is 8.93. The lowest BCUT2D eigenvalue weighted by Crippen LogP contribution is -2.03. The molecule has 3 nitrogen and oxygen atoms in total. The Kier molecular flexibility index (Phi) is 4.44. The van der Waals surface area contributed by atoms with Crippen LogP contribution in [-0.4, -0.2) is 7.11 Å². The molecule has 21 heavy (non-hydrogen) atoms. The third kappa shape index (κ3) is 3.14. The highest BCUT2D eigenvalue weighted by molar-refractivity contribution is 5.47. The van der Waals surface area contributed by atoms with E-state index in [1.165, 1.54) is 7.11 Å². The number of halogens is 1. The predicted octanol–water partition coefficient (Wildman–Crippen LogP) is 3.90. The van der Waals surface area contributed by atoms with Crippen molar-refractivity contribution < 1.29 is 13.9 Å². The highest BCUT2D eigenvalue weighted by atomic mass is 19.1. The van der Waals surface area contributed by atoms with E-state index in [1.54, 1.807) is 30.3 Å². The van der Waals surface area contributed by atoms with E-state index in [4.69, 9.17) is 14.7 Å². The second-order valence-corrected chi connectivity index (χ2v) is 4.77. The number of nitriles is 1. The van der Waals surface area contributed by atoms with E-state index in [9.17, 15) is 4.39 Å². The highest BCUT2D eigenvalue weighted by Crippen LogP contribution is 2.27. The molecule has 0 aliphatic carbocycles. The van der Waals surface area contributed by atoms with Gasteiger partial charge in [-0.15, -0.1) is 0 Å². The number of nitrogens with zero attached hydrogens (tertiary/aromatic N) is 1. The summed E-state index contributed by atoms with van der Waals surface area (Å²) in [4.78, 5) is 0. The molecule has 2 rings (SSSR count). The number of aryl methyl sites for hydroxylation is 2. The summed E-state index contributed by atoms with van der Waals surface area (Å²) in [6.45, 7) is 3.84. The van der Waals surface area contributed by atoms with Gasteiger partial charge in [0.15, 0.2) is 11.6 Å². The zero-order chi connectivity index (χ0) is 15.4. The molecule has 0 unspecified atom stereocenters. The maximum Gasteiger partial charge on any atom is 0.171 e. The Morgan fingerprint density at radius 1 is 1.19 bits per heavy atom. The zero-order valence-electron chi connectivity index (χ0n) is 12.2. The lowest BCUT2D eigenvalue weighted by atomic mass is 10.1. The van der Waals surface area contributed by atoms with Gasteiger partial charge < -0.3 is 9.47 Å². The molecular formula is C17H16FNO2. The second kappa shape index (κ2) is 6.27. The van der Waals surface area contributed by atoms with E-state index < -0.39 is 5.82 Å². The molecule has 0 radical (unpaired) electrons. The van der Waals surface area contributed by atoms with E-state index in [0.29, 0.717) is 16.9 Å². The van der Waals surface area contributed by atoms with Crippen molar-refractivity contribution >= 4 is 0 Å². The first-order chi connectivity index (χ1) is 10.1. The fourth-order valence-electron chi connectivity index (χ4n) is 2.22. The summed E-state index contributed by atoms with van der Waals surface area (Å²) in [7, 11) is 1.43. The third-order valence-corrected chi connectivity index (χ3v) is 3.22. The van der Waals surface area contributed by atoms with Gasteiger partial charge in [0.1, 0.15) is 12.4 Å². The average Bonchev–Trinajstić information content (AvgIpc) is 2.47. The number of ether oxygens (including phenoxy) is 2. The maximum atomic E-state index is 14.0. The maximum absolute atomic E-state index is 14.0. The number of rotatable bonds is 4. The number of benzene rings is 2. The van der Waals surface area contributed by atoms with Gasteiger partial charge in [0.05, 0.1) is 18.7 Å². The smallest absolute Gasteiger partial charge is 0.171 e. The summed E-state index contributed by atoms with van der Waals surface area (Å²) in [5.41, 5.74) is 2.73. The van der Waals surface area contributed by atoms with E-state index in [1.807, 2.05) is 13.8 Å². The largest absolute Gasteiger partial charge is 0.494 e. The van der Waals surface area contributed by atoms with Crippen molar-refractivity contribution in [3.05, 3.63) is 58.4 Å². The standard InChI is InChI=1S/C17H16FNO2/c1-11-7-13(9-19)8-12(2)17(11)21-10-14-5-4-6-15(20-3)16(14)18/h4-8H,10H2,1-3H3. The van der Waals surface area contributed by atoms with E-state index in [-0.39, 0.29) is 12.4 Å². The molecule has 0 aromatic heterocycles. The van der Waals surface area contributed by atoms with Crippen molar-refractivity contribution in [3.8, 4) is 17.6 Å². The zero-order valence-corrected chi connectivity index (χ0v) is 12.2. The number of hydrogen-bond acceptors (Lipinski definition) is 3. The van der Waals surface area contributed by atoms with Crippen LogP contribution in [0, 0.1) is 31.0 Å². The Bertz CT molecular complexity index is 681. The molecule has 0 saturated carbocycles. The van der Waals surface area contributed by atoms with Crippen molar-refractivity contribution in [2.24, 2.45) is 0 Å². The Balaban J connectivity index is 2.23. The van der Waals surface area contributed by atoms with Gasteiger partial charge in [0, 0.05) is 5.56 Å². The van der Waals surface area contributed by atoms with Gasteiger partial charge in [0.25, 0.3) is 0 Å². The molecule has 108 valence electrons. The normalized spacial score (nSPS) is 10.0. The van der Waals surface area contributed by atoms with Gasteiger partial charge in [-0.05, 0) is 43.2 Å². The minimum absolute atomic E-state index is 0.108. The van der Waals surface area contributed by atoms with Crippen molar-refractivity contribution in [2.75, 3.05) is 7.11 Å². The Labute approximate surface area is 123 Å². The molecule has 0 amide bonds. The van der Waals surface area contributed by atoms with Crippen molar-refractivity contribution in [1.29, 1.82) is 5.26 Å². The molecule has 0 spiro atoms. The van der Waals surface area contributed by atoms with Gasteiger partial charge in [-0.1, -0.05) is 12.1 Å². The molecule has 4 heteroatoms. The number of methoxy groups -OCH3 is 1.